The SMILES string of the molecule is COCCC(C(=O)OCl)n1cc(OC)c(-c2cc(Cl)ccc2-n2cnc(Cl)c2)cc1=O. The van der Waals surface area contributed by atoms with Gasteiger partial charge in [-0.15, -0.1) is 0 Å². The zero-order chi connectivity index (χ0) is 22.5. The monoisotopic (exact) mass is 485 g/mol. The standard InChI is InChI=1S/C20H18Cl3N3O5/c1-29-6-5-16(20(28)31-23)26-9-17(30-2)14(8-19(26)27)13-7-12(21)3-4-15(13)25-10-18(22)24-11-25/h3-4,7-11,16H,5-6H2,1-2H3. The fraction of sp³-hybridized carbons (Fsp3) is 0.250. The number of methoxy groups -OCH3 is 2. The highest BCUT2D eigenvalue weighted by atomic mass is 35.5. The second kappa shape index (κ2) is 10.2. The lowest BCUT2D eigenvalue weighted by Gasteiger charge is -2.20. The molecule has 164 valence electrons. The Kier molecular flexibility index (Phi) is 7.61. The zero-order valence-electron chi connectivity index (χ0n) is 16.5. The van der Waals surface area contributed by atoms with Gasteiger partial charge in [0.15, 0.2) is 0 Å². The molecule has 0 aliphatic carbocycles. The maximum Gasteiger partial charge on any atom is 0.347 e. The van der Waals surface area contributed by atoms with Crippen LogP contribution in [0.2, 0.25) is 10.2 Å². The van der Waals surface area contributed by atoms with Crippen LogP contribution in [0.25, 0.3) is 16.8 Å². The van der Waals surface area contributed by atoms with Gasteiger partial charge in [0.1, 0.15) is 35.1 Å². The Balaban J connectivity index is 2.18. The Bertz CT molecular complexity index is 1150. The molecule has 2 aromatic heterocycles. The van der Waals surface area contributed by atoms with E-state index in [4.69, 9.17) is 44.5 Å². The predicted molar refractivity (Wildman–Crippen MR) is 117 cm³/mol. The first-order valence-electron chi connectivity index (χ1n) is 9.01. The first kappa shape index (κ1) is 23.1. The maximum atomic E-state index is 13.0. The minimum absolute atomic E-state index is 0.181. The van der Waals surface area contributed by atoms with Gasteiger partial charge < -0.3 is 18.3 Å². The molecule has 1 atom stereocenters. The summed E-state index contributed by atoms with van der Waals surface area (Å²) in [4.78, 5) is 29.2. The summed E-state index contributed by atoms with van der Waals surface area (Å²) in [5, 5.41) is 0.767. The molecule has 0 bridgehead atoms. The van der Waals surface area contributed by atoms with Crippen molar-refractivity contribution < 1.29 is 18.6 Å². The van der Waals surface area contributed by atoms with Gasteiger partial charge >= 0.3 is 5.97 Å². The number of hydrogen-bond donors (Lipinski definition) is 0. The van der Waals surface area contributed by atoms with Crippen LogP contribution in [0, 0.1) is 0 Å². The van der Waals surface area contributed by atoms with E-state index in [2.05, 4.69) is 9.27 Å². The summed E-state index contributed by atoms with van der Waals surface area (Å²) in [6, 6.07) is 5.54. The van der Waals surface area contributed by atoms with Crippen LogP contribution in [-0.4, -0.2) is 40.9 Å². The normalized spacial score (nSPS) is 11.9. The molecule has 3 aromatic rings. The summed E-state index contributed by atoms with van der Waals surface area (Å²) in [6.45, 7) is 0.215. The van der Waals surface area contributed by atoms with Crippen molar-refractivity contribution >= 4 is 41.0 Å². The Morgan fingerprint density at radius 2 is 1.94 bits per heavy atom. The second-order valence-corrected chi connectivity index (χ2v) is 7.44. The van der Waals surface area contributed by atoms with Gasteiger partial charge in [-0.05, 0) is 18.2 Å². The van der Waals surface area contributed by atoms with Crippen molar-refractivity contribution in [3.8, 4) is 22.6 Å². The molecule has 31 heavy (non-hydrogen) atoms. The molecule has 11 heteroatoms. The smallest absolute Gasteiger partial charge is 0.347 e. The first-order chi connectivity index (χ1) is 14.9. The molecule has 0 saturated heterocycles. The molecular weight excluding hydrogens is 469 g/mol. The number of hydrogen-bond acceptors (Lipinski definition) is 6. The quantitative estimate of drug-likeness (QED) is 0.472. The first-order valence-corrected chi connectivity index (χ1v) is 10.1. The maximum absolute atomic E-state index is 13.0. The molecule has 0 radical (unpaired) electrons. The summed E-state index contributed by atoms with van der Waals surface area (Å²) in [5.41, 5.74) is 1.29. The van der Waals surface area contributed by atoms with Crippen LogP contribution in [0.5, 0.6) is 5.75 Å². The highest BCUT2D eigenvalue weighted by Crippen LogP contribution is 2.35. The molecule has 0 aliphatic rings. The lowest BCUT2D eigenvalue weighted by molar-refractivity contribution is -0.138. The van der Waals surface area contributed by atoms with Crippen LogP contribution in [0.3, 0.4) is 0 Å². The van der Waals surface area contributed by atoms with Crippen LogP contribution in [0.15, 0.2) is 47.8 Å². The van der Waals surface area contributed by atoms with E-state index in [1.807, 2.05) is 0 Å². The van der Waals surface area contributed by atoms with Crippen molar-refractivity contribution in [1.82, 2.24) is 14.1 Å². The minimum Gasteiger partial charge on any atom is -0.495 e. The topological polar surface area (TPSA) is 84.6 Å². The summed E-state index contributed by atoms with van der Waals surface area (Å²) in [6.07, 6.45) is 4.77. The average molecular weight is 487 g/mol. The van der Waals surface area contributed by atoms with Gasteiger partial charge in [-0.1, -0.05) is 23.2 Å². The van der Waals surface area contributed by atoms with Crippen LogP contribution in [0.1, 0.15) is 12.5 Å². The predicted octanol–water partition coefficient (Wildman–Crippen LogP) is 4.29. The van der Waals surface area contributed by atoms with Crippen molar-refractivity contribution in [2.45, 2.75) is 12.5 Å². The second-order valence-electron chi connectivity index (χ2n) is 6.46. The number of aromatic nitrogens is 3. The van der Waals surface area contributed by atoms with Gasteiger partial charge in [-0.3, -0.25) is 9.36 Å². The number of benzene rings is 1. The van der Waals surface area contributed by atoms with Crippen molar-refractivity contribution in [1.29, 1.82) is 0 Å². The Labute approximate surface area is 193 Å². The van der Waals surface area contributed by atoms with Gasteiger partial charge in [-0.25, -0.2) is 9.78 Å². The largest absolute Gasteiger partial charge is 0.495 e. The van der Waals surface area contributed by atoms with E-state index in [0.717, 1.165) is 0 Å². The lowest BCUT2D eigenvalue weighted by Crippen LogP contribution is -2.30. The molecule has 0 saturated carbocycles. The number of carbonyl (C=O) groups is 1. The number of rotatable bonds is 8. The summed E-state index contributed by atoms with van der Waals surface area (Å²) < 4.78 is 17.8. The van der Waals surface area contributed by atoms with Crippen molar-refractivity contribution in [3.05, 3.63) is 63.5 Å². The number of pyridine rings is 1. The van der Waals surface area contributed by atoms with Crippen LogP contribution in [0.4, 0.5) is 0 Å². The fourth-order valence-corrected chi connectivity index (χ4v) is 3.60. The lowest BCUT2D eigenvalue weighted by atomic mass is 10.0. The molecule has 0 N–H and O–H groups in total. The van der Waals surface area contributed by atoms with E-state index in [0.29, 0.717) is 32.7 Å². The number of carbonyl (C=O) groups excluding carboxylic acids is 1. The third-order valence-corrected chi connectivity index (χ3v) is 5.20. The zero-order valence-corrected chi connectivity index (χ0v) is 18.8. The molecule has 3 rings (SSSR count). The van der Waals surface area contributed by atoms with E-state index in [9.17, 15) is 9.59 Å². The number of imidazole rings is 1. The molecule has 8 nitrogen and oxygen atoms in total. The summed E-state index contributed by atoms with van der Waals surface area (Å²) in [5.74, 6) is -0.453. The number of nitrogens with zero attached hydrogens (tertiary/aromatic N) is 3. The summed E-state index contributed by atoms with van der Waals surface area (Å²) in [7, 11) is 2.94. The molecular formula is C20H18Cl3N3O5. The Hall–Kier alpha value is -2.52. The van der Waals surface area contributed by atoms with E-state index < -0.39 is 17.6 Å². The number of halogens is 3. The highest BCUT2D eigenvalue weighted by Gasteiger charge is 2.25. The van der Waals surface area contributed by atoms with Gasteiger partial charge in [0.2, 0.25) is 0 Å². The van der Waals surface area contributed by atoms with Crippen LogP contribution in [-0.2, 0) is 13.8 Å². The van der Waals surface area contributed by atoms with Gasteiger partial charge in [0, 0.05) is 48.6 Å². The molecule has 0 spiro atoms. The number of ether oxygens (including phenoxy) is 2. The Morgan fingerprint density at radius 1 is 1.16 bits per heavy atom. The molecule has 1 aromatic carbocycles. The van der Waals surface area contributed by atoms with Gasteiger partial charge in [-0.2, -0.15) is 0 Å². The van der Waals surface area contributed by atoms with Gasteiger partial charge in [0.05, 0.1) is 19.0 Å². The van der Waals surface area contributed by atoms with Crippen molar-refractivity contribution in [2.75, 3.05) is 20.8 Å². The van der Waals surface area contributed by atoms with Crippen molar-refractivity contribution in [3.63, 3.8) is 0 Å². The third-order valence-electron chi connectivity index (χ3n) is 4.62. The van der Waals surface area contributed by atoms with Crippen LogP contribution < -0.4 is 10.3 Å². The average Bonchev–Trinajstić information content (AvgIpc) is 3.20. The summed E-state index contributed by atoms with van der Waals surface area (Å²) >= 11 is 17.5. The molecule has 2 heterocycles. The van der Waals surface area contributed by atoms with E-state index in [-0.39, 0.29) is 13.0 Å². The fourth-order valence-electron chi connectivity index (χ4n) is 3.18. The third kappa shape index (κ3) is 5.04. The van der Waals surface area contributed by atoms with Crippen LogP contribution >= 0.6 is 35.1 Å². The van der Waals surface area contributed by atoms with Gasteiger partial charge in [0.25, 0.3) is 5.56 Å². The Morgan fingerprint density at radius 3 is 2.55 bits per heavy atom. The molecule has 0 aliphatic heterocycles. The molecule has 1 unspecified atom stereocenters. The minimum atomic E-state index is -0.987. The van der Waals surface area contributed by atoms with E-state index >= 15 is 0 Å². The van der Waals surface area contributed by atoms with Crippen molar-refractivity contribution in [2.24, 2.45) is 0 Å². The molecule has 0 amide bonds. The van der Waals surface area contributed by atoms with E-state index in [1.165, 1.54) is 31.0 Å². The van der Waals surface area contributed by atoms with E-state index in [1.54, 1.807) is 35.3 Å². The highest BCUT2D eigenvalue weighted by molar-refractivity contribution is 6.31. The molecule has 0 fully saturated rings.